The second-order valence-corrected chi connectivity index (χ2v) is 5.97. The van der Waals surface area contributed by atoms with Crippen molar-refractivity contribution in [3.63, 3.8) is 0 Å². The van der Waals surface area contributed by atoms with Crippen molar-refractivity contribution in [2.24, 2.45) is 0 Å². The third-order valence-corrected chi connectivity index (χ3v) is 4.17. The molecule has 0 fully saturated rings. The highest BCUT2D eigenvalue weighted by molar-refractivity contribution is 6.31. The van der Waals surface area contributed by atoms with E-state index in [-0.39, 0.29) is 6.03 Å². The van der Waals surface area contributed by atoms with Crippen LogP contribution in [-0.4, -0.2) is 27.8 Å². The zero-order valence-electron chi connectivity index (χ0n) is 14.0. The lowest BCUT2D eigenvalue weighted by atomic mass is 10.1. The number of aromatic amines is 1. The molecule has 4 N–H and O–H groups in total. The Morgan fingerprint density at radius 2 is 2.20 bits per heavy atom. The summed E-state index contributed by atoms with van der Waals surface area (Å²) in [7, 11) is 0. The van der Waals surface area contributed by atoms with Crippen LogP contribution in [0.25, 0.3) is 10.9 Å². The number of nitrogens with one attached hydrogen (secondary N) is 4. The van der Waals surface area contributed by atoms with Crippen LogP contribution in [0.15, 0.2) is 30.5 Å². The summed E-state index contributed by atoms with van der Waals surface area (Å²) in [6.45, 7) is 5.06. The van der Waals surface area contributed by atoms with E-state index >= 15 is 0 Å². The maximum Gasteiger partial charge on any atom is 0.320 e. The predicted octanol–water partition coefficient (Wildman–Crippen LogP) is 3.67. The average molecular weight is 359 g/mol. The second-order valence-electron chi connectivity index (χ2n) is 5.56. The number of carbonyl (C=O) groups is 1. The molecule has 2 amide bonds. The Bertz CT molecular complexity index is 887. The monoisotopic (exact) mass is 358 g/mol. The van der Waals surface area contributed by atoms with E-state index in [1.54, 1.807) is 18.3 Å². The molecule has 0 radical (unpaired) electrons. The smallest absolute Gasteiger partial charge is 0.320 e. The lowest BCUT2D eigenvalue weighted by molar-refractivity contribution is 0.251. The number of hydrogen-bond acceptors (Lipinski definition) is 4. The van der Waals surface area contributed by atoms with Crippen LogP contribution in [-0.2, 0) is 6.54 Å². The molecule has 0 bridgehead atoms. The molecule has 1 aromatic carbocycles. The lowest BCUT2D eigenvalue weighted by Crippen LogP contribution is -2.28. The molecule has 25 heavy (non-hydrogen) atoms. The molecular weight excluding hydrogens is 340 g/mol. The Balaban J connectivity index is 1.66. The molecule has 0 atom stereocenters. The zero-order valence-corrected chi connectivity index (χ0v) is 14.7. The largest absolute Gasteiger partial charge is 0.368 e. The first-order chi connectivity index (χ1) is 12.1. The quantitative estimate of drug-likeness (QED) is 0.559. The summed E-state index contributed by atoms with van der Waals surface area (Å²) in [5, 5.41) is 17.3. The van der Waals surface area contributed by atoms with Crippen molar-refractivity contribution in [3.05, 3.63) is 46.6 Å². The number of fused-ring (bicyclic) bond motifs is 1. The Labute approximate surface area is 150 Å². The third-order valence-electron chi connectivity index (χ3n) is 3.81. The first kappa shape index (κ1) is 17.0. The summed E-state index contributed by atoms with van der Waals surface area (Å²) in [6.07, 6.45) is 1.67. The van der Waals surface area contributed by atoms with E-state index in [0.717, 1.165) is 34.4 Å². The van der Waals surface area contributed by atoms with E-state index in [0.29, 0.717) is 17.4 Å². The number of hydrogen-bond donors (Lipinski definition) is 4. The minimum Gasteiger partial charge on any atom is -0.368 e. The van der Waals surface area contributed by atoms with E-state index in [2.05, 4.69) is 31.1 Å². The molecule has 8 heteroatoms. The van der Waals surface area contributed by atoms with Crippen molar-refractivity contribution in [3.8, 4) is 0 Å². The summed E-state index contributed by atoms with van der Waals surface area (Å²) in [5.74, 6) is 1.18. The molecule has 0 aliphatic heterocycles. The number of urea groups is 1. The molecule has 0 aliphatic carbocycles. The van der Waals surface area contributed by atoms with Gasteiger partial charge in [0.1, 0.15) is 5.82 Å². The topological polar surface area (TPSA) is 94.7 Å². The van der Waals surface area contributed by atoms with Gasteiger partial charge < -0.3 is 10.6 Å². The summed E-state index contributed by atoms with van der Waals surface area (Å²) < 4.78 is 0. The van der Waals surface area contributed by atoms with Gasteiger partial charge in [0, 0.05) is 30.4 Å². The molecule has 2 heterocycles. The Hall–Kier alpha value is -2.80. The lowest BCUT2D eigenvalue weighted by Gasteiger charge is -2.10. The van der Waals surface area contributed by atoms with Gasteiger partial charge >= 0.3 is 6.03 Å². The van der Waals surface area contributed by atoms with Crippen LogP contribution >= 0.6 is 11.6 Å². The number of amides is 2. The van der Waals surface area contributed by atoms with Crippen LogP contribution in [0.4, 0.5) is 16.4 Å². The van der Waals surface area contributed by atoms with Crippen molar-refractivity contribution >= 4 is 40.2 Å². The number of benzene rings is 1. The number of carbonyl (C=O) groups excluding carboxylic acids is 1. The van der Waals surface area contributed by atoms with Gasteiger partial charge in [-0.25, -0.2) is 9.78 Å². The number of halogens is 1. The molecule has 2 aromatic heterocycles. The van der Waals surface area contributed by atoms with Crippen molar-refractivity contribution in [1.82, 2.24) is 20.5 Å². The summed E-state index contributed by atoms with van der Waals surface area (Å²) in [4.78, 5) is 16.4. The molecule has 0 unspecified atom stereocenters. The molecule has 7 nitrogen and oxygen atoms in total. The summed E-state index contributed by atoms with van der Waals surface area (Å²) >= 11 is 6.17. The van der Waals surface area contributed by atoms with E-state index in [1.807, 2.05) is 26.0 Å². The van der Waals surface area contributed by atoms with Crippen LogP contribution in [0.3, 0.4) is 0 Å². The van der Waals surface area contributed by atoms with E-state index in [9.17, 15) is 4.79 Å². The van der Waals surface area contributed by atoms with Crippen LogP contribution in [0.1, 0.15) is 18.1 Å². The number of aromatic nitrogens is 3. The van der Waals surface area contributed by atoms with E-state index in [1.165, 1.54) is 0 Å². The summed E-state index contributed by atoms with van der Waals surface area (Å²) in [5.41, 5.74) is 2.72. The fourth-order valence-electron chi connectivity index (χ4n) is 2.50. The zero-order chi connectivity index (χ0) is 17.8. The number of aryl methyl sites for hydroxylation is 1. The maximum atomic E-state index is 12.1. The molecule has 130 valence electrons. The van der Waals surface area contributed by atoms with Gasteiger partial charge in [0.15, 0.2) is 5.82 Å². The number of nitrogens with zero attached hydrogens (tertiary/aromatic N) is 2. The molecular formula is C17H19ClN6O. The van der Waals surface area contributed by atoms with Crippen molar-refractivity contribution in [2.75, 3.05) is 17.2 Å². The SMILES string of the molecule is CCNc1n[nH]c2cc(NC(=O)NCc3c(C)cccc3Cl)ncc12. The Kier molecular flexibility index (Phi) is 5.04. The first-order valence-corrected chi connectivity index (χ1v) is 8.33. The van der Waals surface area contributed by atoms with Gasteiger partial charge in [-0.1, -0.05) is 23.7 Å². The van der Waals surface area contributed by atoms with E-state index < -0.39 is 0 Å². The standard InChI is InChI=1S/C17H19ClN6O/c1-3-19-16-12-9-20-15(7-14(12)23-24-16)22-17(25)21-8-11-10(2)5-4-6-13(11)18/h4-7,9H,3,8H2,1-2H3,(H2,19,23,24)(H2,20,21,22,25). The number of anilines is 2. The molecule has 3 rings (SSSR count). The maximum absolute atomic E-state index is 12.1. The van der Waals surface area contributed by atoms with Gasteiger partial charge in [0.25, 0.3) is 0 Å². The highest BCUT2D eigenvalue weighted by Crippen LogP contribution is 2.22. The minimum atomic E-state index is -0.349. The fraction of sp³-hybridized carbons (Fsp3) is 0.235. The minimum absolute atomic E-state index is 0.341. The molecule has 0 spiro atoms. The first-order valence-electron chi connectivity index (χ1n) is 7.95. The van der Waals surface area contributed by atoms with Crippen molar-refractivity contribution < 1.29 is 4.79 Å². The molecule has 0 saturated heterocycles. The number of pyridine rings is 1. The highest BCUT2D eigenvalue weighted by Gasteiger charge is 2.10. The van der Waals surface area contributed by atoms with Crippen molar-refractivity contribution in [1.29, 1.82) is 0 Å². The van der Waals surface area contributed by atoms with Crippen LogP contribution < -0.4 is 16.0 Å². The highest BCUT2D eigenvalue weighted by atomic mass is 35.5. The summed E-state index contributed by atoms with van der Waals surface area (Å²) in [6, 6.07) is 7.03. The van der Waals surface area contributed by atoms with Crippen LogP contribution in [0.2, 0.25) is 5.02 Å². The van der Waals surface area contributed by atoms with Gasteiger partial charge in [0.2, 0.25) is 0 Å². The predicted molar refractivity (Wildman–Crippen MR) is 100 cm³/mol. The average Bonchev–Trinajstić information content (AvgIpc) is 2.97. The van der Waals surface area contributed by atoms with Gasteiger partial charge in [-0.3, -0.25) is 10.4 Å². The normalized spacial score (nSPS) is 10.7. The van der Waals surface area contributed by atoms with Gasteiger partial charge in [-0.15, -0.1) is 0 Å². The Morgan fingerprint density at radius 3 is 2.96 bits per heavy atom. The fourth-order valence-corrected chi connectivity index (χ4v) is 2.79. The van der Waals surface area contributed by atoms with Gasteiger partial charge in [0.05, 0.1) is 10.9 Å². The second kappa shape index (κ2) is 7.40. The van der Waals surface area contributed by atoms with Crippen molar-refractivity contribution in [2.45, 2.75) is 20.4 Å². The van der Waals surface area contributed by atoms with Crippen LogP contribution in [0.5, 0.6) is 0 Å². The van der Waals surface area contributed by atoms with E-state index in [4.69, 9.17) is 11.6 Å². The molecule has 0 aliphatic rings. The number of rotatable bonds is 5. The molecule has 0 saturated carbocycles. The molecule has 3 aromatic rings. The van der Waals surface area contributed by atoms with Gasteiger partial charge in [-0.05, 0) is 31.0 Å². The Morgan fingerprint density at radius 1 is 1.36 bits per heavy atom. The van der Waals surface area contributed by atoms with Gasteiger partial charge in [-0.2, -0.15) is 5.10 Å². The van der Waals surface area contributed by atoms with Crippen LogP contribution in [0, 0.1) is 6.92 Å². The third kappa shape index (κ3) is 3.83. The number of H-pyrrole nitrogens is 1.